The molecule has 0 amide bonds. The van der Waals surface area contributed by atoms with Crippen molar-refractivity contribution in [2.45, 2.75) is 38.4 Å². The number of benzene rings is 2. The molecule has 2 aromatic carbocycles. The van der Waals surface area contributed by atoms with E-state index in [-0.39, 0.29) is 37.3 Å². The van der Waals surface area contributed by atoms with E-state index in [9.17, 15) is 23.3 Å². The minimum Gasteiger partial charge on any atom is -0.488 e. The number of ether oxygens (including phenoxy) is 2. The molecular formula is C25H29F3N4O4. The van der Waals surface area contributed by atoms with Crippen molar-refractivity contribution >= 4 is 5.69 Å². The molecule has 8 nitrogen and oxygen atoms in total. The molecule has 0 bridgehead atoms. The third-order valence-corrected chi connectivity index (χ3v) is 5.89. The summed E-state index contributed by atoms with van der Waals surface area (Å²) >= 11 is 0. The average molecular weight is 507 g/mol. The second kappa shape index (κ2) is 12.4. The van der Waals surface area contributed by atoms with E-state index in [0.717, 1.165) is 29.8 Å². The second-order valence-electron chi connectivity index (χ2n) is 8.57. The fourth-order valence-corrected chi connectivity index (χ4v) is 4.27. The number of hydrogen-bond donors (Lipinski definition) is 1. The maximum absolute atomic E-state index is 12.5. The van der Waals surface area contributed by atoms with Gasteiger partial charge in [0.1, 0.15) is 12.7 Å². The number of halogens is 3. The van der Waals surface area contributed by atoms with Gasteiger partial charge in [0.05, 0.1) is 29.1 Å². The highest BCUT2D eigenvalue weighted by Gasteiger charge is 2.29. The normalized spacial score (nSPS) is 13.6. The number of alkyl halides is 3. The highest BCUT2D eigenvalue weighted by molar-refractivity contribution is 5.68. The Morgan fingerprint density at radius 2 is 1.97 bits per heavy atom. The number of rotatable bonds is 13. The summed E-state index contributed by atoms with van der Waals surface area (Å²) in [5.74, 6) is 0.104. The molecule has 0 aliphatic carbocycles. The first kappa shape index (κ1) is 27.1. The van der Waals surface area contributed by atoms with Crippen molar-refractivity contribution in [3.05, 3.63) is 58.0 Å². The van der Waals surface area contributed by atoms with Gasteiger partial charge in [0.15, 0.2) is 18.1 Å². The molecule has 0 saturated carbocycles. The summed E-state index contributed by atoms with van der Waals surface area (Å²) in [5.41, 5.74) is 3.45. The van der Waals surface area contributed by atoms with Crippen LogP contribution in [0.15, 0.2) is 41.7 Å². The number of nitrogens with zero attached hydrogens (tertiary/aromatic N) is 4. The number of fused-ring (bicyclic) bond motifs is 1. The Kier molecular flexibility index (Phi) is 9.36. The zero-order valence-electron chi connectivity index (χ0n) is 20.0. The first-order valence-corrected chi connectivity index (χ1v) is 11.7. The van der Waals surface area contributed by atoms with Crippen molar-refractivity contribution in [1.29, 1.82) is 5.26 Å². The van der Waals surface area contributed by atoms with Crippen LogP contribution in [-0.4, -0.2) is 61.8 Å². The Hall–Kier alpha value is -3.52. The standard InChI is InChI=1S/C25H29F3N4O4/c1-18(13-19-14-20-7-9-31(8-4-11-33)24(20)21(15-19)16-29)32(30-34)10-12-35-22-5-2-3-6-23(22)36-17-25(26,27)28/h2-3,5-6,14-15,18,33H,4,7-13,17H2,1H3/t18-/m1/s1. The third kappa shape index (κ3) is 7.24. The molecule has 0 aromatic heterocycles. The molecule has 0 saturated heterocycles. The van der Waals surface area contributed by atoms with Gasteiger partial charge in [0.2, 0.25) is 0 Å². The summed E-state index contributed by atoms with van der Waals surface area (Å²) in [6.07, 6.45) is -2.57. The van der Waals surface area contributed by atoms with E-state index in [1.165, 1.54) is 23.2 Å². The van der Waals surface area contributed by atoms with E-state index in [0.29, 0.717) is 24.9 Å². The number of nitriles is 1. The van der Waals surface area contributed by atoms with E-state index >= 15 is 0 Å². The van der Waals surface area contributed by atoms with Crippen molar-refractivity contribution < 1.29 is 27.8 Å². The molecule has 36 heavy (non-hydrogen) atoms. The van der Waals surface area contributed by atoms with E-state index in [4.69, 9.17) is 14.6 Å². The largest absolute Gasteiger partial charge is 0.488 e. The Bertz CT molecular complexity index is 1070. The van der Waals surface area contributed by atoms with Crippen LogP contribution < -0.4 is 14.4 Å². The molecule has 11 heteroatoms. The fourth-order valence-electron chi connectivity index (χ4n) is 4.27. The lowest BCUT2D eigenvalue weighted by atomic mass is 9.98. The molecule has 0 radical (unpaired) electrons. The highest BCUT2D eigenvalue weighted by atomic mass is 19.4. The predicted octanol–water partition coefficient (Wildman–Crippen LogP) is 4.24. The molecule has 1 aliphatic rings. The van der Waals surface area contributed by atoms with Crippen LogP contribution in [0.5, 0.6) is 11.5 Å². The van der Waals surface area contributed by atoms with Crippen molar-refractivity contribution in [2.24, 2.45) is 5.29 Å². The highest BCUT2D eigenvalue weighted by Crippen LogP contribution is 2.33. The molecule has 1 N–H and O–H groups in total. The third-order valence-electron chi connectivity index (χ3n) is 5.89. The molecule has 1 heterocycles. The zero-order chi connectivity index (χ0) is 26.1. The van der Waals surface area contributed by atoms with Crippen LogP contribution in [0.1, 0.15) is 30.0 Å². The Morgan fingerprint density at radius 1 is 1.25 bits per heavy atom. The van der Waals surface area contributed by atoms with E-state index in [1.807, 2.05) is 19.1 Å². The summed E-state index contributed by atoms with van der Waals surface area (Å²) in [6.45, 7) is 2.08. The zero-order valence-corrected chi connectivity index (χ0v) is 20.0. The minimum atomic E-state index is -4.47. The van der Waals surface area contributed by atoms with Gasteiger partial charge in [-0.15, -0.1) is 4.91 Å². The molecule has 1 aliphatic heterocycles. The molecular weight excluding hydrogens is 477 g/mol. The van der Waals surface area contributed by atoms with Crippen LogP contribution in [0, 0.1) is 16.2 Å². The van der Waals surface area contributed by atoms with E-state index < -0.39 is 12.8 Å². The van der Waals surface area contributed by atoms with Gasteiger partial charge in [-0.3, -0.25) is 5.01 Å². The van der Waals surface area contributed by atoms with Crippen LogP contribution in [0.3, 0.4) is 0 Å². The Balaban J connectivity index is 1.60. The van der Waals surface area contributed by atoms with Gasteiger partial charge in [-0.25, -0.2) is 0 Å². The van der Waals surface area contributed by atoms with Crippen molar-refractivity contribution in [1.82, 2.24) is 5.01 Å². The maximum atomic E-state index is 12.5. The van der Waals surface area contributed by atoms with Gasteiger partial charge < -0.3 is 19.5 Å². The number of nitroso groups, excluding NO2 is 1. The van der Waals surface area contributed by atoms with Gasteiger partial charge in [-0.2, -0.15) is 18.4 Å². The molecule has 0 unspecified atom stereocenters. The summed E-state index contributed by atoms with van der Waals surface area (Å²) in [6, 6.07) is 11.8. The van der Waals surface area contributed by atoms with Gasteiger partial charge in [-0.05, 0) is 55.5 Å². The van der Waals surface area contributed by atoms with Gasteiger partial charge in [0, 0.05) is 19.7 Å². The number of aliphatic hydroxyl groups is 1. The van der Waals surface area contributed by atoms with Crippen LogP contribution in [0.4, 0.5) is 18.9 Å². The molecule has 2 aromatic rings. The van der Waals surface area contributed by atoms with E-state index in [2.05, 4.69) is 16.3 Å². The summed E-state index contributed by atoms with van der Waals surface area (Å²) in [5, 5.41) is 23.2. The number of anilines is 1. The average Bonchev–Trinajstić information content (AvgIpc) is 3.26. The van der Waals surface area contributed by atoms with Crippen molar-refractivity contribution in [2.75, 3.05) is 44.4 Å². The SMILES string of the molecule is C[C@H](Cc1cc(C#N)c2c(c1)CCN2CCCO)N(CCOc1ccccc1OCC(F)(F)F)N=O. The first-order chi connectivity index (χ1) is 17.3. The van der Waals surface area contributed by atoms with Crippen molar-refractivity contribution in [3.63, 3.8) is 0 Å². The monoisotopic (exact) mass is 506 g/mol. The topological polar surface area (TPSA) is 98.4 Å². The Labute approximate surface area is 207 Å². The second-order valence-corrected chi connectivity index (χ2v) is 8.57. The quantitative estimate of drug-likeness (QED) is 0.321. The predicted molar refractivity (Wildman–Crippen MR) is 128 cm³/mol. The lowest BCUT2D eigenvalue weighted by Crippen LogP contribution is -2.33. The molecule has 1 atom stereocenters. The van der Waals surface area contributed by atoms with Crippen molar-refractivity contribution in [3.8, 4) is 17.6 Å². The summed E-state index contributed by atoms with van der Waals surface area (Å²) in [4.78, 5) is 13.6. The lowest BCUT2D eigenvalue weighted by molar-refractivity contribution is -0.153. The summed E-state index contributed by atoms with van der Waals surface area (Å²) < 4.78 is 47.8. The molecule has 0 spiro atoms. The lowest BCUT2D eigenvalue weighted by Gasteiger charge is -2.24. The number of hydrogen-bond acceptors (Lipinski definition) is 7. The summed E-state index contributed by atoms with van der Waals surface area (Å²) in [7, 11) is 0. The van der Waals surface area contributed by atoms with Gasteiger partial charge in [0.25, 0.3) is 0 Å². The smallest absolute Gasteiger partial charge is 0.422 e. The first-order valence-electron chi connectivity index (χ1n) is 11.7. The minimum absolute atomic E-state index is 0.00984. The van der Waals surface area contributed by atoms with Gasteiger partial charge in [-0.1, -0.05) is 18.2 Å². The van der Waals surface area contributed by atoms with Crippen LogP contribution in [0.25, 0.3) is 0 Å². The number of para-hydroxylation sites is 2. The molecule has 194 valence electrons. The number of aliphatic hydroxyl groups excluding tert-OH is 1. The van der Waals surface area contributed by atoms with Gasteiger partial charge >= 0.3 is 6.18 Å². The maximum Gasteiger partial charge on any atom is 0.422 e. The molecule has 3 rings (SSSR count). The molecule has 0 fully saturated rings. The van der Waals surface area contributed by atoms with E-state index in [1.54, 1.807) is 6.07 Å². The Morgan fingerprint density at radius 3 is 2.61 bits per heavy atom. The fraction of sp³-hybridized carbons (Fsp3) is 0.480. The van der Waals surface area contributed by atoms with Crippen LogP contribution >= 0.6 is 0 Å². The van der Waals surface area contributed by atoms with Crippen LogP contribution in [-0.2, 0) is 12.8 Å². The van der Waals surface area contributed by atoms with Crippen LogP contribution in [0.2, 0.25) is 0 Å².